The Morgan fingerprint density at radius 3 is 2.12 bits per heavy atom. The van der Waals surface area contributed by atoms with Gasteiger partial charge in [0.05, 0.1) is 5.56 Å². The number of carbonyl (C=O) groups excluding carboxylic acids is 2. The fourth-order valence-electron chi connectivity index (χ4n) is 2.48. The van der Waals surface area contributed by atoms with Gasteiger partial charge >= 0.3 is 5.97 Å². The van der Waals surface area contributed by atoms with Gasteiger partial charge in [0, 0.05) is 5.69 Å². The van der Waals surface area contributed by atoms with Crippen molar-refractivity contribution in [3.63, 3.8) is 0 Å². The molecule has 2 rings (SSSR count). The van der Waals surface area contributed by atoms with Gasteiger partial charge in [-0.3, -0.25) is 4.79 Å². The van der Waals surface area contributed by atoms with E-state index in [4.69, 9.17) is 4.74 Å². The summed E-state index contributed by atoms with van der Waals surface area (Å²) in [7, 11) is 0. The van der Waals surface area contributed by atoms with E-state index in [1.807, 2.05) is 32.9 Å². The molecule has 5 nitrogen and oxygen atoms in total. The molecular formula is C19H21NO4. The van der Waals surface area contributed by atoms with Crippen LogP contribution in [0.5, 0.6) is 5.75 Å². The van der Waals surface area contributed by atoms with E-state index in [1.54, 1.807) is 0 Å². The smallest absolute Gasteiger partial charge is 0.338 e. The van der Waals surface area contributed by atoms with E-state index in [0.29, 0.717) is 0 Å². The number of phenolic OH excluding ortho intramolecular Hbond substituents is 1. The zero-order valence-electron chi connectivity index (χ0n) is 14.2. The fourth-order valence-corrected chi connectivity index (χ4v) is 2.48. The summed E-state index contributed by atoms with van der Waals surface area (Å²) in [6.45, 7) is 7.35. The number of benzene rings is 2. The van der Waals surface area contributed by atoms with Gasteiger partial charge < -0.3 is 15.2 Å². The fraction of sp³-hybridized carbons (Fsp3) is 0.263. The van der Waals surface area contributed by atoms with Crippen molar-refractivity contribution in [3.8, 4) is 5.75 Å². The van der Waals surface area contributed by atoms with E-state index in [0.717, 1.165) is 22.4 Å². The number of aryl methyl sites for hydroxylation is 3. The van der Waals surface area contributed by atoms with Crippen molar-refractivity contribution >= 4 is 17.6 Å². The highest BCUT2D eigenvalue weighted by Crippen LogP contribution is 2.22. The number of ether oxygens (including phenoxy) is 1. The van der Waals surface area contributed by atoms with Crippen molar-refractivity contribution in [2.75, 3.05) is 5.32 Å². The van der Waals surface area contributed by atoms with E-state index in [9.17, 15) is 14.7 Å². The molecule has 0 aliphatic heterocycles. The number of hydrogen-bond donors (Lipinski definition) is 2. The molecule has 0 aliphatic carbocycles. The van der Waals surface area contributed by atoms with Crippen molar-refractivity contribution < 1.29 is 19.4 Å². The molecular weight excluding hydrogens is 306 g/mol. The highest BCUT2D eigenvalue weighted by Gasteiger charge is 2.20. The van der Waals surface area contributed by atoms with E-state index < -0.39 is 18.0 Å². The van der Waals surface area contributed by atoms with E-state index in [1.165, 1.54) is 31.2 Å². The number of rotatable bonds is 4. The van der Waals surface area contributed by atoms with Gasteiger partial charge in [-0.15, -0.1) is 0 Å². The Morgan fingerprint density at radius 1 is 1.04 bits per heavy atom. The normalized spacial score (nSPS) is 11.7. The third kappa shape index (κ3) is 4.13. The first kappa shape index (κ1) is 17.5. The Bertz CT molecular complexity index is 742. The molecule has 0 saturated heterocycles. The van der Waals surface area contributed by atoms with Crippen LogP contribution in [0.3, 0.4) is 0 Å². The first-order valence-electron chi connectivity index (χ1n) is 7.66. The van der Waals surface area contributed by atoms with E-state index in [2.05, 4.69) is 5.32 Å². The third-order valence-corrected chi connectivity index (χ3v) is 3.68. The second kappa shape index (κ2) is 7.17. The molecule has 0 aliphatic rings. The molecule has 1 atom stereocenters. The van der Waals surface area contributed by atoms with E-state index >= 15 is 0 Å². The molecule has 0 fully saturated rings. The molecule has 2 N–H and O–H groups in total. The quantitative estimate of drug-likeness (QED) is 0.843. The molecule has 2 aromatic carbocycles. The summed E-state index contributed by atoms with van der Waals surface area (Å²) < 4.78 is 5.18. The molecule has 1 amide bonds. The molecule has 5 heteroatoms. The van der Waals surface area contributed by atoms with Crippen LogP contribution in [0.15, 0.2) is 36.4 Å². The number of carbonyl (C=O) groups is 2. The Kier molecular flexibility index (Phi) is 5.24. The van der Waals surface area contributed by atoms with Gasteiger partial charge in [-0.2, -0.15) is 0 Å². The maximum atomic E-state index is 12.3. The lowest BCUT2D eigenvalue weighted by atomic mass is 10.0. The number of nitrogens with one attached hydrogen (secondary N) is 1. The Labute approximate surface area is 141 Å². The summed E-state index contributed by atoms with van der Waals surface area (Å²) in [6, 6.07) is 9.62. The van der Waals surface area contributed by atoms with Crippen LogP contribution in [0.25, 0.3) is 0 Å². The van der Waals surface area contributed by atoms with Gasteiger partial charge in [0.1, 0.15) is 5.75 Å². The summed E-state index contributed by atoms with van der Waals surface area (Å²) >= 11 is 0. The number of phenols is 1. The van der Waals surface area contributed by atoms with Gasteiger partial charge in [-0.25, -0.2) is 4.79 Å². The number of esters is 1. The van der Waals surface area contributed by atoms with Crippen LogP contribution in [-0.4, -0.2) is 23.1 Å². The van der Waals surface area contributed by atoms with Crippen LogP contribution < -0.4 is 5.32 Å². The average molecular weight is 327 g/mol. The maximum Gasteiger partial charge on any atom is 0.338 e. The minimum absolute atomic E-state index is 0.0580. The number of hydrogen-bond acceptors (Lipinski definition) is 4. The minimum atomic E-state index is -0.939. The van der Waals surface area contributed by atoms with Crippen LogP contribution in [0.2, 0.25) is 0 Å². The molecule has 2 aromatic rings. The predicted molar refractivity (Wildman–Crippen MR) is 92.3 cm³/mol. The molecule has 0 radical (unpaired) electrons. The van der Waals surface area contributed by atoms with Crippen LogP contribution in [0.4, 0.5) is 5.69 Å². The first-order valence-corrected chi connectivity index (χ1v) is 7.66. The van der Waals surface area contributed by atoms with E-state index in [-0.39, 0.29) is 11.3 Å². The summed E-state index contributed by atoms with van der Waals surface area (Å²) in [5.41, 5.74) is 4.04. The summed E-state index contributed by atoms with van der Waals surface area (Å²) in [4.78, 5) is 24.3. The lowest BCUT2D eigenvalue weighted by Crippen LogP contribution is -2.30. The SMILES string of the molecule is Cc1cc(C)c(NC(=O)[C@@H](C)OC(=O)c2ccc(O)cc2)c(C)c1. The van der Waals surface area contributed by atoms with Crippen molar-refractivity contribution in [1.82, 2.24) is 0 Å². The Hall–Kier alpha value is -2.82. The molecule has 126 valence electrons. The molecule has 0 aromatic heterocycles. The van der Waals surface area contributed by atoms with Gasteiger partial charge in [-0.1, -0.05) is 17.7 Å². The molecule has 24 heavy (non-hydrogen) atoms. The molecule has 0 bridgehead atoms. The lowest BCUT2D eigenvalue weighted by Gasteiger charge is -2.17. The van der Waals surface area contributed by atoms with Crippen LogP contribution in [0.1, 0.15) is 34.0 Å². The average Bonchev–Trinajstić information content (AvgIpc) is 2.51. The first-order chi connectivity index (χ1) is 11.3. The Balaban J connectivity index is 2.05. The monoisotopic (exact) mass is 327 g/mol. The second-order valence-corrected chi connectivity index (χ2v) is 5.86. The van der Waals surface area contributed by atoms with Crippen LogP contribution in [-0.2, 0) is 9.53 Å². The van der Waals surface area contributed by atoms with Crippen molar-refractivity contribution in [1.29, 1.82) is 0 Å². The van der Waals surface area contributed by atoms with Crippen molar-refractivity contribution in [3.05, 3.63) is 58.7 Å². The summed E-state index contributed by atoms with van der Waals surface area (Å²) in [5, 5.41) is 12.0. The van der Waals surface area contributed by atoms with Crippen LogP contribution >= 0.6 is 0 Å². The number of amides is 1. The van der Waals surface area contributed by atoms with Gasteiger partial charge in [0.15, 0.2) is 6.10 Å². The topological polar surface area (TPSA) is 75.6 Å². The molecule has 0 spiro atoms. The highest BCUT2D eigenvalue weighted by atomic mass is 16.5. The molecule has 0 saturated carbocycles. The zero-order valence-corrected chi connectivity index (χ0v) is 14.2. The zero-order chi connectivity index (χ0) is 17.9. The molecule has 0 heterocycles. The summed E-state index contributed by atoms with van der Waals surface area (Å²) in [5.74, 6) is -0.949. The predicted octanol–water partition coefficient (Wildman–Crippen LogP) is 3.50. The van der Waals surface area contributed by atoms with Crippen molar-refractivity contribution in [2.24, 2.45) is 0 Å². The van der Waals surface area contributed by atoms with Gasteiger partial charge in [0.25, 0.3) is 5.91 Å². The third-order valence-electron chi connectivity index (χ3n) is 3.68. The Morgan fingerprint density at radius 2 is 1.58 bits per heavy atom. The van der Waals surface area contributed by atoms with Crippen LogP contribution in [0, 0.1) is 20.8 Å². The van der Waals surface area contributed by atoms with Gasteiger partial charge in [-0.05, 0) is 63.1 Å². The van der Waals surface area contributed by atoms with Gasteiger partial charge in [0.2, 0.25) is 0 Å². The van der Waals surface area contributed by atoms with Crippen molar-refractivity contribution in [2.45, 2.75) is 33.8 Å². The summed E-state index contributed by atoms with van der Waals surface area (Å²) in [6.07, 6.45) is -0.939. The molecule has 0 unspecified atom stereocenters. The lowest BCUT2D eigenvalue weighted by molar-refractivity contribution is -0.123. The standard InChI is InChI=1S/C19H21NO4/c1-11-9-12(2)17(13(3)10-11)20-18(22)14(4)24-19(23)15-5-7-16(21)8-6-15/h5-10,14,21H,1-4H3,(H,20,22)/t14-/m1/s1. The second-order valence-electron chi connectivity index (χ2n) is 5.86. The number of aromatic hydroxyl groups is 1. The maximum absolute atomic E-state index is 12.3. The highest BCUT2D eigenvalue weighted by molar-refractivity contribution is 5.98. The minimum Gasteiger partial charge on any atom is -0.508 e. The largest absolute Gasteiger partial charge is 0.508 e. The number of anilines is 1.